The number of nitrogens with zero attached hydrogens (tertiary/aromatic N) is 4. The Hall–Kier alpha value is -3.40. The first-order valence-corrected chi connectivity index (χ1v) is 7.82. The summed E-state index contributed by atoms with van der Waals surface area (Å²) < 4.78 is 4.17. The van der Waals surface area contributed by atoms with Crippen LogP contribution in [0.25, 0.3) is 11.0 Å². The molecule has 2 amide bonds. The van der Waals surface area contributed by atoms with Gasteiger partial charge in [0, 0.05) is 13.1 Å². The number of fused-ring (bicyclic) bond motifs is 1. The molecular formula is C15H12N6O3S. The van der Waals surface area contributed by atoms with Crippen LogP contribution in [0.3, 0.4) is 0 Å². The predicted molar refractivity (Wildman–Crippen MR) is 93.7 cm³/mol. The summed E-state index contributed by atoms with van der Waals surface area (Å²) in [6.45, 7) is 1.30. The van der Waals surface area contributed by atoms with E-state index in [1.807, 2.05) is 6.07 Å². The van der Waals surface area contributed by atoms with Crippen LogP contribution in [-0.2, 0) is 9.59 Å². The molecular weight excluding hydrogens is 344 g/mol. The van der Waals surface area contributed by atoms with Gasteiger partial charge in [0.05, 0.1) is 22.4 Å². The number of phenolic OH excluding ortho intramolecular Hbond substituents is 1. The van der Waals surface area contributed by atoms with Gasteiger partial charge in [-0.2, -0.15) is 4.37 Å². The van der Waals surface area contributed by atoms with Crippen molar-refractivity contribution < 1.29 is 14.7 Å². The highest BCUT2D eigenvalue weighted by atomic mass is 32.1. The number of amides is 2. The molecule has 0 saturated carbocycles. The number of carbonyl (C=O) groups excluding carboxylic acids is 2. The van der Waals surface area contributed by atoms with E-state index in [1.54, 1.807) is 12.3 Å². The monoisotopic (exact) mass is 356 g/mol. The number of rotatable bonds is 5. The first kappa shape index (κ1) is 16.5. The fraction of sp³-hybridized carbons (Fsp3) is 0.0667. The maximum Gasteiger partial charge on any atom is 0.221 e. The third kappa shape index (κ3) is 3.58. The van der Waals surface area contributed by atoms with Gasteiger partial charge in [0.2, 0.25) is 12.3 Å². The Kier molecular flexibility index (Phi) is 4.61. The first-order valence-electron chi connectivity index (χ1n) is 7.05. The van der Waals surface area contributed by atoms with Crippen molar-refractivity contribution in [1.29, 1.82) is 0 Å². The summed E-state index contributed by atoms with van der Waals surface area (Å²) in [5, 5.41) is 24.5. The van der Waals surface area contributed by atoms with Crippen LogP contribution in [0.2, 0.25) is 0 Å². The number of hydrogen-bond donors (Lipinski definition) is 3. The largest absolute Gasteiger partial charge is 0.504 e. The summed E-state index contributed by atoms with van der Waals surface area (Å²) in [5.41, 5.74) is 1.13. The van der Waals surface area contributed by atoms with Gasteiger partial charge in [-0.15, -0.1) is 10.2 Å². The van der Waals surface area contributed by atoms with E-state index in [2.05, 4.69) is 30.2 Å². The zero-order chi connectivity index (χ0) is 17.8. The van der Waals surface area contributed by atoms with E-state index in [0.717, 1.165) is 16.9 Å². The van der Waals surface area contributed by atoms with Crippen molar-refractivity contribution in [3.05, 3.63) is 30.5 Å². The topological polar surface area (TPSA) is 129 Å². The van der Waals surface area contributed by atoms with E-state index in [4.69, 9.17) is 0 Å². The molecule has 126 valence electrons. The third-order valence-electron chi connectivity index (χ3n) is 3.11. The molecule has 9 nitrogen and oxygen atoms in total. The zero-order valence-corrected chi connectivity index (χ0v) is 13.7. The Morgan fingerprint density at radius 3 is 2.88 bits per heavy atom. The molecule has 2 heterocycles. The van der Waals surface area contributed by atoms with Gasteiger partial charge in [0.1, 0.15) is 0 Å². The van der Waals surface area contributed by atoms with Gasteiger partial charge in [-0.05, 0) is 35.8 Å². The highest BCUT2D eigenvalue weighted by Gasteiger charge is 2.12. The van der Waals surface area contributed by atoms with Crippen molar-refractivity contribution in [2.45, 2.75) is 6.92 Å². The van der Waals surface area contributed by atoms with Crippen LogP contribution in [0.5, 0.6) is 5.75 Å². The number of anilines is 2. The zero-order valence-electron chi connectivity index (χ0n) is 12.9. The Balaban J connectivity index is 1.99. The second-order valence-electron chi connectivity index (χ2n) is 4.90. The lowest BCUT2D eigenvalue weighted by molar-refractivity contribution is -0.114. The van der Waals surface area contributed by atoms with Gasteiger partial charge in [0.25, 0.3) is 0 Å². The van der Waals surface area contributed by atoms with Crippen LogP contribution in [0.4, 0.5) is 22.1 Å². The minimum Gasteiger partial charge on any atom is -0.504 e. The summed E-state index contributed by atoms with van der Waals surface area (Å²) in [4.78, 5) is 26.1. The Morgan fingerprint density at radius 2 is 2.12 bits per heavy atom. The van der Waals surface area contributed by atoms with Gasteiger partial charge >= 0.3 is 0 Å². The molecule has 0 atom stereocenters. The minimum absolute atomic E-state index is 0.103. The van der Waals surface area contributed by atoms with Gasteiger partial charge in [0.15, 0.2) is 16.4 Å². The second kappa shape index (κ2) is 7.01. The molecule has 0 radical (unpaired) electrons. The molecule has 0 bridgehead atoms. The number of hydrogen-bond acceptors (Lipinski definition) is 8. The van der Waals surface area contributed by atoms with Crippen LogP contribution in [0, 0.1) is 0 Å². The highest BCUT2D eigenvalue weighted by Crippen LogP contribution is 2.38. The number of aromatic nitrogens is 2. The molecule has 1 aromatic carbocycles. The molecule has 3 N–H and O–H groups in total. The van der Waals surface area contributed by atoms with Gasteiger partial charge in [-0.1, -0.05) is 0 Å². The van der Waals surface area contributed by atoms with E-state index in [-0.39, 0.29) is 23.0 Å². The SMILES string of the molecule is CC(=O)Nc1cc(/N=N/c2snc3ncccc23)cc(NC=O)c1O. The summed E-state index contributed by atoms with van der Waals surface area (Å²) in [7, 11) is 0. The second-order valence-corrected chi connectivity index (χ2v) is 5.65. The third-order valence-corrected chi connectivity index (χ3v) is 3.85. The molecule has 0 spiro atoms. The minimum atomic E-state index is -0.374. The smallest absolute Gasteiger partial charge is 0.221 e. The molecule has 0 fully saturated rings. The van der Waals surface area contributed by atoms with Gasteiger partial charge < -0.3 is 15.7 Å². The summed E-state index contributed by atoms with van der Waals surface area (Å²) in [6, 6.07) is 6.48. The molecule has 0 aliphatic carbocycles. The quantitative estimate of drug-likeness (QED) is 0.367. The van der Waals surface area contributed by atoms with E-state index in [9.17, 15) is 14.7 Å². The summed E-state index contributed by atoms with van der Waals surface area (Å²) in [6.07, 6.45) is 2.05. The van der Waals surface area contributed by atoms with Crippen molar-refractivity contribution in [3.63, 3.8) is 0 Å². The Labute approximate surface area is 145 Å². The maximum atomic E-state index is 11.3. The van der Waals surface area contributed by atoms with Crippen LogP contribution in [0.1, 0.15) is 6.92 Å². The lowest BCUT2D eigenvalue weighted by Crippen LogP contribution is -2.06. The molecule has 2 aromatic heterocycles. The van der Waals surface area contributed by atoms with Gasteiger partial charge in [-0.3, -0.25) is 9.59 Å². The Bertz CT molecular complexity index is 985. The summed E-state index contributed by atoms with van der Waals surface area (Å²) >= 11 is 1.15. The van der Waals surface area contributed by atoms with E-state index in [1.165, 1.54) is 19.1 Å². The molecule has 10 heteroatoms. The van der Waals surface area contributed by atoms with E-state index in [0.29, 0.717) is 22.7 Å². The average Bonchev–Trinajstić information content (AvgIpc) is 3.00. The van der Waals surface area contributed by atoms with Crippen LogP contribution in [-0.4, -0.2) is 26.8 Å². The number of aromatic hydroxyl groups is 1. The van der Waals surface area contributed by atoms with Gasteiger partial charge in [-0.25, -0.2) is 4.98 Å². The molecule has 0 aliphatic rings. The number of carbonyl (C=O) groups is 2. The molecule has 3 rings (SSSR count). The molecule has 0 saturated heterocycles. The lowest BCUT2D eigenvalue weighted by atomic mass is 10.2. The average molecular weight is 356 g/mol. The van der Waals surface area contributed by atoms with Crippen molar-refractivity contribution >= 4 is 56.9 Å². The predicted octanol–water partition coefficient (Wildman–Crippen LogP) is 3.34. The number of azo groups is 1. The Morgan fingerprint density at radius 1 is 1.32 bits per heavy atom. The summed E-state index contributed by atoms with van der Waals surface area (Å²) in [5.74, 6) is -0.644. The molecule has 0 unspecified atom stereocenters. The molecule has 0 aliphatic heterocycles. The molecule has 25 heavy (non-hydrogen) atoms. The van der Waals surface area contributed by atoms with Crippen molar-refractivity contribution in [3.8, 4) is 5.75 Å². The van der Waals surface area contributed by atoms with Crippen LogP contribution >= 0.6 is 11.5 Å². The first-order chi connectivity index (χ1) is 12.1. The fourth-order valence-electron chi connectivity index (χ4n) is 2.08. The number of pyridine rings is 1. The number of phenols is 1. The number of benzene rings is 1. The van der Waals surface area contributed by atoms with Crippen LogP contribution in [0.15, 0.2) is 40.7 Å². The van der Waals surface area contributed by atoms with Crippen LogP contribution < -0.4 is 10.6 Å². The lowest BCUT2D eigenvalue weighted by Gasteiger charge is -2.10. The van der Waals surface area contributed by atoms with Crippen molar-refractivity contribution in [2.75, 3.05) is 10.6 Å². The maximum absolute atomic E-state index is 11.3. The van der Waals surface area contributed by atoms with Crippen molar-refractivity contribution in [1.82, 2.24) is 9.36 Å². The van der Waals surface area contributed by atoms with E-state index >= 15 is 0 Å². The van der Waals surface area contributed by atoms with Crippen molar-refractivity contribution in [2.24, 2.45) is 10.2 Å². The number of nitrogens with one attached hydrogen (secondary N) is 2. The standard InChI is InChI=1S/C15H12N6O3S/c1-8(23)18-12-6-9(5-11(13(12)24)17-7-22)19-20-15-10-3-2-4-16-14(10)21-25-15/h2-7,24H,1H3,(H,17,22)(H,18,23)/b20-19+. The fourth-order valence-corrected chi connectivity index (χ4v) is 2.74. The normalized spacial score (nSPS) is 10.9. The molecule has 3 aromatic rings. The van der Waals surface area contributed by atoms with E-state index < -0.39 is 0 Å². The highest BCUT2D eigenvalue weighted by molar-refractivity contribution is 7.11.